The van der Waals surface area contributed by atoms with E-state index in [2.05, 4.69) is 10.1 Å². The number of nitrogens with two attached hydrogens (primary N) is 1. The van der Waals surface area contributed by atoms with Crippen molar-refractivity contribution in [1.82, 2.24) is 4.57 Å². The Balaban J connectivity index is 0.00000380. The maximum atomic E-state index is 14.2. The molecule has 0 fully saturated rings. The van der Waals surface area contributed by atoms with Crippen LogP contribution >= 0.6 is 11.3 Å². The van der Waals surface area contributed by atoms with Crippen LogP contribution in [0.5, 0.6) is 0 Å². The summed E-state index contributed by atoms with van der Waals surface area (Å²) in [6.45, 7) is 3.84. The molecule has 2 aromatic carbocycles. The molecule has 0 radical (unpaired) electrons. The van der Waals surface area contributed by atoms with Gasteiger partial charge in [-0.1, -0.05) is 25.6 Å². The van der Waals surface area contributed by atoms with Crippen molar-refractivity contribution in [1.29, 1.82) is 5.26 Å². The summed E-state index contributed by atoms with van der Waals surface area (Å²) >= 11 is 0.856. The Morgan fingerprint density at radius 3 is 2.57 bits per heavy atom. The first-order valence-electron chi connectivity index (χ1n) is 10.8. The van der Waals surface area contributed by atoms with E-state index < -0.39 is 29.2 Å². The number of esters is 1. The summed E-state index contributed by atoms with van der Waals surface area (Å²) in [4.78, 5) is 38.7. The molecule has 0 aliphatic carbocycles. The van der Waals surface area contributed by atoms with Gasteiger partial charge in [0.1, 0.15) is 20.8 Å². The van der Waals surface area contributed by atoms with Crippen molar-refractivity contribution in [2.45, 2.75) is 27.2 Å². The van der Waals surface area contributed by atoms with E-state index in [0.717, 1.165) is 33.1 Å². The minimum Gasteiger partial charge on any atom is -0.466 e. The van der Waals surface area contributed by atoms with Crippen molar-refractivity contribution >= 4 is 46.4 Å². The number of rotatable bonds is 4. The smallest absolute Gasteiger partial charge is 0.332 e. The van der Waals surface area contributed by atoms with Gasteiger partial charge in [-0.25, -0.2) is 9.18 Å². The average Bonchev–Trinajstić information content (AvgIpc) is 3.16. The fourth-order valence-electron chi connectivity index (χ4n) is 3.97. The number of methoxy groups -OCH3 is 1. The van der Waals surface area contributed by atoms with Crippen LogP contribution in [-0.4, -0.2) is 23.6 Å². The molecule has 1 amide bonds. The van der Waals surface area contributed by atoms with Gasteiger partial charge in [0.05, 0.1) is 30.2 Å². The van der Waals surface area contributed by atoms with Gasteiger partial charge in [0.15, 0.2) is 0 Å². The number of halogens is 1. The number of anilines is 1. The minimum atomic E-state index is -1.05. The Hall–Kier alpha value is -4.49. The van der Waals surface area contributed by atoms with E-state index in [-0.39, 0.29) is 33.6 Å². The maximum absolute atomic E-state index is 14.2. The minimum absolute atomic E-state index is 0. The van der Waals surface area contributed by atoms with E-state index >= 15 is 0 Å². The van der Waals surface area contributed by atoms with Crippen molar-refractivity contribution in [3.63, 3.8) is 0 Å². The van der Waals surface area contributed by atoms with Gasteiger partial charge in [-0.2, -0.15) is 5.26 Å². The normalized spacial score (nSPS) is 14.9. The topological polar surface area (TPSA) is 127 Å². The Kier molecular flexibility index (Phi) is 7.79. The number of hydrogen-bond acceptors (Lipinski definition) is 7. The molecule has 1 aromatic heterocycles. The molecule has 10 heteroatoms. The third kappa shape index (κ3) is 4.94. The number of nitrogens with zero attached hydrogens (tertiary/aromatic N) is 2. The van der Waals surface area contributed by atoms with Crippen molar-refractivity contribution in [3.05, 3.63) is 90.1 Å². The number of benzene rings is 2. The zero-order valence-corrected chi connectivity index (χ0v) is 20.4. The van der Waals surface area contributed by atoms with Crippen molar-refractivity contribution in [2.24, 2.45) is 5.73 Å². The second-order valence-electron chi connectivity index (χ2n) is 8.15. The van der Waals surface area contributed by atoms with Gasteiger partial charge < -0.3 is 15.8 Å². The molecule has 37 heavy (non-hydrogen) atoms. The fourth-order valence-corrected chi connectivity index (χ4v) is 5.11. The van der Waals surface area contributed by atoms with E-state index in [1.54, 1.807) is 18.2 Å². The van der Waals surface area contributed by atoms with Crippen LogP contribution in [0.2, 0.25) is 0 Å². The van der Waals surface area contributed by atoms with Gasteiger partial charge in [-0.15, -0.1) is 11.3 Å². The second kappa shape index (κ2) is 10.6. The molecule has 1 aliphatic heterocycles. The number of nitrogens with one attached hydrogen (secondary N) is 1. The maximum Gasteiger partial charge on any atom is 0.332 e. The summed E-state index contributed by atoms with van der Waals surface area (Å²) in [5, 5.41) is 12.8. The SMILES string of the molecule is C.COC(=O)/C=c1\sc2n(c1=O)C(N)=C(C#N)C(c1cccc(F)c1)C=2C(=O)Nc1ccc(C)c(C)c1. The Bertz CT molecular complexity index is 1680. The lowest BCUT2D eigenvalue weighted by Crippen LogP contribution is -2.40. The van der Waals surface area contributed by atoms with Crippen molar-refractivity contribution < 1.29 is 18.7 Å². The molecule has 1 atom stereocenters. The van der Waals surface area contributed by atoms with Crippen molar-refractivity contribution in [3.8, 4) is 6.07 Å². The van der Waals surface area contributed by atoms with Gasteiger partial charge >= 0.3 is 5.97 Å². The predicted molar refractivity (Wildman–Crippen MR) is 141 cm³/mol. The molecule has 190 valence electrons. The van der Waals surface area contributed by atoms with Crippen LogP contribution in [0.15, 0.2) is 52.8 Å². The number of aryl methyl sites for hydroxylation is 2. The summed E-state index contributed by atoms with van der Waals surface area (Å²) in [7, 11) is 1.17. The molecule has 0 saturated heterocycles. The number of aromatic nitrogens is 1. The van der Waals surface area contributed by atoms with Crippen LogP contribution in [0.4, 0.5) is 10.1 Å². The lowest BCUT2D eigenvalue weighted by atomic mass is 9.83. The molecule has 4 rings (SSSR count). The molecule has 0 spiro atoms. The zero-order valence-electron chi connectivity index (χ0n) is 19.6. The van der Waals surface area contributed by atoms with E-state index in [9.17, 15) is 24.0 Å². The zero-order chi connectivity index (χ0) is 26.1. The van der Waals surface area contributed by atoms with Crippen LogP contribution in [-0.2, 0) is 14.3 Å². The standard InChI is InChI=1S/C26H21FN4O4S.CH4/c1-13-7-8-17(9-14(13)2)30-24(33)22-21(15-5-4-6-16(27)10-15)18(12-28)23(29)31-25(34)19(36-26(22)31)11-20(32)35-3;/h4-11,21H,29H2,1-3H3,(H,30,33);1H4/b19-11-;. The Labute approximate surface area is 216 Å². The number of thiazole rings is 1. The van der Waals surface area contributed by atoms with Gasteiger partial charge in [-0.3, -0.25) is 14.2 Å². The highest BCUT2D eigenvalue weighted by Crippen LogP contribution is 2.36. The van der Waals surface area contributed by atoms with E-state index in [0.29, 0.717) is 11.3 Å². The molecular formula is C27H25FN4O4S. The van der Waals surface area contributed by atoms with Crippen molar-refractivity contribution in [2.75, 3.05) is 12.4 Å². The molecule has 1 aliphatic rings. The number of nitriles is 1. The monoisotopic (exact) mass is 520 g/mol. The molecule has 2 heterocycles. The highest BCUT2D eigenvalue weighted by Gasteiger charge is 2.36. The quantitative estimate of drug-likeness (QED) is 0.509. The number of carbonyl (C=O) groups excluding carboxylic acids is 2. The Morgan fingerprint density at radius 1 is 1.22 bits per heavy atom. The first kappa shape index (κ1) is 27.1. The number of allylic oxidation sites excluding steroid dienone is 1. The number of fused-ring (bicyclic) bond motifs is 1. The van der Waals surface area contributed by atoms with Gasteiger partial charge in [0.2, 0.25) is 0 Å². The summed E-state index contributed by atoms with van der Waals surface area (Å²) in [6.07, 6.45) is 0.994. The van der Waals surface area contributed by atoms with E-state index in [4.69, 9.17) is 5.73 Å². The first-order chi connectivity index (χ1) is 17.2. The lowest BCUT2D eigenvalue weighted by molar-refractivity contribution is -0.133. The van der Waals surface area contributed by atoms with Crippen LogP contribution in [0.1, 0.15) is 30.0 Å². The predicted octanol–water partition coefficient (Wildman–Crippen LogP) is 2.49. The average molecular weight is 521 g/mol. The number of hydrogen-bond donors (Lipinski definition) is 2. The lowest BCUT2D eigenvalue weighted by Gasteiger charge is -2.25. The molecule has 3 aromatic rings. The van der Waals surface area contributed by atoms with Gasteiger partial charge in [0.25, 0.3) is 11.5 Å². The number of ether oxygens (including phenoxy) is 1. The van der Waals surface area contributed by atoms with E-state index in [1.807, 2.05) is 26.0 Å². The van der Waals surface area contributed by atoms with E-state index in [1.165, 1.54) is 25.3 Å². The fraction of sp³-hybridized carbons (Fsp3) is 0.185. The number of carbonyl (C=O) groups is 2. The summed E-state index contributed by atoms with van der Waals surface area (Å²) in [5.41, 5.74) is 8.30. The molecular weight excluding hydrogens is 495 g/mol. The largest absolute Gasteiger partial charge is 0.466 e. The molecule has 3 N–H and O–H groups in total. The summed E-state index contributed by atoms with van der Waals surface area (Å²) in [5.74, 6) is -3.19. The summed E-state index contributed by atoms with van der Waals surface area (Å²) < 4.78 is 20.0. The van der Waals surface area contributed by atoms with Crippen LogP contribution in [0.25, 0.3) is 17.5 Å². The van der Waals surface area contributed by atoms with Crippen LogP contribution < -0.4 is 25.8 Å². The summed E-state index contributed by atoms with van der Waals surface area (Å²) in [6, 6.07) is 12.8. The Morgan fingerprint density at radius 2 is 1.95 bits per heavy atom. The van der Waals surface area contributed by atoms with Gasteiger partial charge in [-0.05, 0) is 54.8 Å². The molecule has 1 unspecified atom stereocenters. The second-order valence-corrected chi connectivity index (χ2v) is 9.18. The van der Waals surface area contributed by atoms with Gasteiger partial charge in [0, 0.05) is 11.8 Å². The third-order valence-corrected chi connectivity index (χ3v) is 7.02. The molecule has 0 bridgehead atoms. The third-order valence-electron chi connectivity index (χ3n) is 5.91. The number of amides is 1. The first-order valence-corrected chi connectivity index (χ1v) is 11.6. The molecule has 0 saturated carbocycles. The highest BCUT2D eigenvalue weighted by molar-refractivity contribution is 7.07. The molecule has 8 nitrogen and oxygen atoms in total. The van der Waals surface area contributed by atoms with Crippen LogP contribution in [0, 0.1) is 31.0 Å². The highest BCUT2D eigenvalue weighted by atomic mass is 32.1. The van der Waals surface area contributed by atoms with Crippen LogP contribution in [0.3, 0.4) is 0 Å².